The molecule has 0 fully saturated rings. The number of ether oxygens (including phenoxy) is 1. The lowest BCUT2D eigenvalue weighted by atomic mass is 10.1. The summed E-state index contributed by atoms with van der Waals surface area (Å²) in [5, 5.41) is 4.65. The van der Waals surface area contributed by atoms with Crippen molar-refractivity contribution in [1.29, 1.82) is 0 Å². The van der Waals surface area contributed by atoms with Gasteiger partial charge in [0.05, 0.1) is 17.9 Å². The molecular weight excluding hydrogens is 491 g/mol. The maximum absolute atomic E-state index is 12.3. The van der Waals surface area contributed by atoms with Gasteiger partial charge in [-0.15, -0.1) is 13.2 Å². The van der Waals surface area contributed by atoms with E-state index < -0.39 is 17.4 Å². The van der Waals surface area contributed by atoms with Crippen LogP contribution in [0.1, 0.15) is 11.1 Å². The van der Waals surface area contributed by atoms with E-state index in [-0.39, 0.29) is 12.4 Å². The van der Waals surface area contributed by atoms with Crippen molar-refractivity contribution in [2.24, 2.45) is 0 Å². The van der Waals surface area contributed by atoms with E-state index in [1.165, 1.54) is 12.1 Å². The first kappa shape index (κ1) is 22.2. The van der Waals surface area contributed by atoms with Crippen LogP contribution in [0.4, 0.5) is 18.2 Å². The molecule has 2 aromatic carbocycles. The molecule has 4 nitrogen and oxygen atoms in total. The van der Waals surface area contributed by atoms with Gasteiger partial charge in [-0.1, -0.05) is 45.5 Å². The number of alkyl halides is 4. The summed E-state index contributed by atoms with van der Waals surface area (Å²) in [7, 11) is 0. The fourth-order valence-corrected chi connectivity index (χ4v) is 5.15. The Labute approximate surface area is 180 Å². The van der Waals surface area contributed by atoms with Gasteiger partial charge in [-0.2, -0.15) is 0 Å². The number of thiophene rings is 1. The van der Waals surface area contributed by atoms with Gasteiger partial charge in [0.15, 0.2) is 16.1 Å². The summed E-state index contributed by atoms with van der Waals surface area (Å²) in [5.41, 5.74) is 1.82. The molecule has 2 N–H and O–H groups in total. The van der Waals surface area contributed by atoms with Crippen molar-refractivity contribution in [1.82, 2.24) is 0 Å². The largest absolute Gasteiger partial charge is 0.573 e. The predicted octanol–water partition coefficient (Wildman–Crippen LogP) is 4.77. The Hall–Kier alpha value is -1.46. The third-order valence-electron chi connectivity index (χ3n) is 3.99. The highest BCUT2D eigenvalue weighted by atomic mass is 79.9. The molecule has 0 saturated carbocycles. The average molecular weight is 509 g/mol. The summed E-state index contributed by atoms with van der Waals surface area (Å²) in [6, 6.07) is 13.7. The maximum Gasteiger partial charge on any atom is 0.573 e. The molecule has 3 rings (SSSR count). The number of nitrogens with two attached hydrogens (primary N) is 1. The number of hydrogen-bond donors (Lipinski definition) is 1. The zero-order valence-corrected chi connectivity index (χ0v) is 18.3. The van der Waals surface area contributed by atoms with E-state index in [0.717, 1.165) is 26.2 Å². The zero-order chi connectivity index (χ0) is 20.9. The van der Waals surface area contributed by atoms with Gasteiger partial charge in [0.25, 0.3) is 0 Å². The Morgan fingerprint density at radius 3 is 2.52 bits per heavy atom. The van der Waals surface area contributed by atoms with Gasteiger partial charge in [-0.3, -0.25) is 4.18 Å². The third-order valence-corrected chi connectivity index (χ3v) is 7.04. The molecule has 1 atom stereocenters. The molecule has 3 aromatic rings. The lowest BCUT2D eigenvalue weighted by molar-refractivity contribution is -0.585. The number of benzene rings is 2. The number of halogens is 4. The minimum atomic E-state index is -4.70. The van der Waals surface area contributed by atoms with Gasteiger partial charge in [0, 0.05) is 21.0 Å². The molecule has 0 aliphatic heterocycles. The molecule has 0 aliphatic rings. The first-order chi connectivity index (χ1) is 13.9. The van der Waals surface area contributed by atoms with Crippen LogP contribution in [0.5, 0.6) is 5.75 Å². The molecule has 0 aliphatic carbocycles. The van der Waals surface area contributed by atoms with Crippen LogP contribution in [0.3, 0.4) is 0 Å². The van der Waals surface area contributed by atoms with E-state index in [4.69, 9.17) is 4.18 Å². The van der Waals surface area contributed by atoms with Gasteiger partial charge >= 0.3 is 6.36 Å². The average Bonchev–Trinajstić information content (AvgIpc) is 3.02. The van der Waals surface area contributed by atoms with E-state index in [0.29, 0.717) is 17.6 Å². The van der Waals surface area contributed by atoms with E-state index in [2.05, 4.69) is 20.7 Å². The van der Waals surface area contributed by atoms with Crippen LogP contribution in [0.2, 0.25) is 0 Å². The molecule has 1 heterocycles. The topological polar surface area (TPSA) is 52.1 Å². The summed E-state index contributed by atoms with van der Waals surface area (Å²) >= 11 is 3.48. The second-order valence-corrected chi connectivity index (χ2v) is 9.13. The van der Waals surface area contributed by atoms with Gasteiger partial charge in [-0.25, -0.2) is 4.21 Å². The molecule has 1 aromatic heterocycles. The van der Waals surface area contributed by atoms with Crippen LogP contribution in [0.15, 0.2) is 48.5 Å². The zero-order valence-electron chi connectivity index (χ0n) is 15.1. The highest BCUT2D eigenvalue weighted by molar-refractivity contribution is 9.09. The summed E-state index contributed by atoms with van der Waals surface area (Å²) in [5.74, 6) is 0.166. The lowest BCUT2D eigenvalue weighted by Gasteiger charge is -2.09. The SMILES string of the molecule is O=S(CCBr)OCc1c([NH2+]Cc2ccc(OC(F)(F)F)cc2)sc2ccccc12. The molecule has 156 valence electrons. The maximum atomic E-state index is 12.3. The number of hydrogen-bond acceptors (Lipinski definition) is 4. The quantitative estimate of drug-likeness (QED) is 0.423. The van der Waals surface area contributed by atoms with Crippen molar-refractivity contribution < 1.29 is 31.6 Å². The third kappa shape index (κ3) is 6.51. The van der Waals surface area contributed by atoms with Crippen LogP contribution in [0, 0.1) is 0 Å². The van der Waals surface area contributed by atoms with Crippen molar-refractivity contribution in [3.8, 4) is 5.75 Å². The highest BCUT2D eigenvalue weighted by Gasteiger charge is 2.31. The Bertz CT molecular complexity index is 977. The Kier molecular flexibility index (Phi) is 7.69. The molecular formula is C19H18BrF3NO3S2+. The van der Waals surface area contributed by atoms with Crippen molar-refractivity contribution in [3.63, 3.8) is 0 Å². The number of fused-ring (bicyclic) bond motifs is 1. The standard InChI is InChI=1S/C19H17BrF3NO3S2/c20-9-10-29(25)26-12-16-15-3-1-2-4-17(15)28-18(16)24-11-13-5-7-14(8-6-13)27-19(21,22)23/h1-8,24H,9-12H2/p+1. The molecule has 0 amide bonds. The summed E-state index contributed by atoms with van der Waals surface area (Å²) < 4.78 is 59.2. The second-order valence-electron chi connectivity index (χ2n) is 6.00. The van der Waals surface area contributed by atoms with Crippen molar-refractivity contribution in [3.05, 3.63) is 59.7 Å². The van der Waals surface area contributed by atoms with Crippen molar-refractivity contribution in [2.45, 2.75) is 19.5 Å². The van der Waals surface area contributed by atoms with Crippen LogP contribution >= 0.6 is 27.3 Å². The Morgan fingerprint density at radius 2 is 1.83 bits per heavy atom. The fourth-order valence-electron chi connectivity index (χ4n) is 2.72. The second kappa shape index (κ2) is 10.0. The monoisotopic (exact) mass is 508 g/mol. The summed E-state index contributed by atoms with van der Waals surface area (Å²) in [6.45, 7) is 0.768. The van der Waals surface area contributed by atoms with Crippen LogP contribution < -0.4 is 10.1 Å². The summed E-state index contributed by atoms with van der Waals surface area (Å²) in [4.78, 5) is 0. The van der Waals surface area contributed by atoms with Gasteiger partial charge < -0.3 is 10.1 Å². The van der Waals surface area contributed by atoms with Gasteiger partial charge in [-0.05, 0) is 30.3 Å². The molecule has 1 unspecified atom stereocenters. The van der Waals surface area contributed by atoms with Crippen LogP contribution in [0.25, 0.3) is 10.1 Å². The van der Waals surface area contributed by atoms with Gasteiger partial charge in [0.1, 0.15) is 12.3 Å². The van der Waals surface area contributed by atoms with E-state index in [9.17, 15) is 17.4 Å². The smallest absolute Gasteiger partial charge is 0.406 e. The summed E-state index contributed by atoms with van der Waals surface area (Å²) in [6.07, 6.45) is -4.70. The van der Waals surface area contributed by atoms with Crippen LogP contribution in [-0.2, 0) is 28.4 Å². The van der Waals surface area contributed by atoms with E-state index >= 15 is 0 Å². The molecule has 29 heavy (non-hydrogen) atoms. The minimum absolute atomic E-state index is 0.230. The fraction of sp³-hybridized carbons (Fsp3) is 0.263. The molecule has 10 heteroatoms. The first-order valence-electron chi connectivity index (χ1n) is 8.61. The predicted molar refractivity (Wildman–Crippen MR) is 112 cm³/mol. The van der Waals surface area contributed by atoms with E-state index in [1.807, 2.05) is 29.6 Å². The number of quaternary nitrogens is 1. The lowest BCUT2D eigenvalue weighted by Crippen LogP contribution is -2.76. The van der Waals surface area contributed by atoms with Crippen molar-refractivity contribution >= 4 is 53.4 Å². The molecule has 0 saturated heterocycles. The highest BCUT2D eigenvalue weighted by Crippen LogP contribution is 2.33. The number of rotatable bonds is 9. The minimum Gasteiger partial charge on any atom is -0.406 e. The molecule has 0 bridgehead atoms. The Morgan fingerprint density at radius 1 is 1.10 bits per heavy atom. The van der Waals surface area contributed by atoms with E-state index in [1.54, 1.807) is 23.5 Å². The normalized spacial score (nSPS) is 13.0. The Balaban J connectivity index is 1.72. The van der Waals surface area contributed by atoms with Crippen molar-refractivity contribution in [2.75, 3.05) is 11.1 Å². The van der Waals surface area contributed by atoms with Gasteiger partial charge in [0.2, 0.25) is 0 Å². The van der Waals surface area contributed by atoms with Crippen LogP contribution in [-0.4, -0.2) is 21.7 Å². The molecule has 0 radical (unpaired) electrons. The molecule has 0 spiro atoms. The first-order valence-corrected chi connectivity index (χ1v) is 11.8.